The first-order valence-electron chi connectivity index (χ1n) is 6.68. The van der Waals surface area contributed by atoms with Crippen molar-refractivity contribution in [2.45, 2.75) is 19.4 Å². The number of carbonyl (C=O) groups is 1. The summed E-state index contributed by atoms with van der Waals surface area (Å²) in [4.78, 5) is 19.0. The summed E-state index contributed by atoms with van der Waals surface area (Å²) >= 11 is 3.55. The van der Waals surface area contributed by atoms with Gasteiger partial charge in [-0.25, -0.2) is 4.98 Å². The van der Waals surface area contributed by atoms with Crippen LogP contribution >= 0.6 is 15.9 Å². The molecule has 2 aliphatic rings. The summed E-state index contributed by atoms with van der Waals surface area (Å²) in [7, 11) is 0. The number of hydrogen-bond acceptors (Lipinski definition) is 2. The van der Waals surface area contributed by atoms with E-state index >= 15 is 0 Å². The molecule has 2 aromatic rings. The van der Waals surface area contributed by atoms with E-state index in [9.17, 15) is 4.79 Å². The van der Waals surface area contributed by atoms with Crippen molar-refractivity contribution < 1.29 is 4.79 Å². The predicted octanol–water partition coefficient (Wildman–Crippen LogP) is 2.66. The van der Waals surface area contributed by atoms with Crippen LogP contribution in [0.1, 0.15) is 23.5 Å². The average Bonchev–Trinajstić information content (AvgIpc) is 3.12. The lowest BCUT2D eigenvalue weighted by atomic mass is 10.3. The molecule has 0 saturated heterocycles. The van der Waals surface area contributed by atoms with E-state index in [0.717, 1.165) is 41.1 Å². The van der Waals surface area contributed by atoms with Crippen molar-refractivity contribution in [2.24, 2.45) is 5.92 Å². The quantitative estimate of drug-likeness (QED) is 0.853. The largest absolute Gasteiger partial charge is 0.334 e. The van der Waals surface area contributed by atoms with Crippen LogP contribution in [-0.2, 0) is 6.54 Å². The number of amides is 1. The Morgan fingerprint density at radius 1 is 1.32 bits per heavy atom. The molecule has 0 radical (unpaired) electrons. The van der Waals surface area contributed by atoms with Gasteiger partial charge in [0.15, 0.2) is 5.82 Å². The fourth-order valence-electron chi connectivity index (χ4n) is 2.77. The monoisotopic (exact) mass is 319 g/mol. The van der Waals surface area contributed by atoms with E-state index in [4.69, 9.17) is 0 Å². The second kappa shape index (κ2) is 4.07. The molecular weight excluding hydrogens is 306 g/mol. The van der Waals surface area contributed by atoms with Gasteiger partial charge in [0.25, 0.3) is 5.91 Å². The topological polar surface area (TPSA) is 38.1 Å². The Morgan fingerprint density at radius 3 is 2.95 bits per heavy atom. The summed E-state index contributed by atoms with van der Waals surface area (Å²) in [5, 5.41) is 0. The van der Waals surface area contributed by atoms with Crippen molar-refractivity contribution in [1.82, 2.24) is 14.5 Å². The number of imidazole rings is 1. The highest BCUT2D eigenvalue weighted by Gasteiger charge is 2.32. The van der Waals surface area contributed by atoms with Crippen LogP contribution in [0, 0.1) is 5.92 Å². The highest BCUT2D eigenvalue weighted by molar-refractivity contribution is 9.10. The van der Waals surface area contributed by atoms with E-state index in [1.165, 1.54) is 12.8 Å². The average molecular weight is 320 g/mol. The molecule has 1 aromatic carbocycles. The Bertz CT molecular complexity index is 675. The van der Waals surface area contributed by atoms with Crippen LogP contribution in [0.25, 0.3) is 11.0 Å². The van der Waals surface area contributed by atoms with E-state index in [1.54, 1.807) is 0 Å². The van der Waals surface area contributed by atoms with Gasteiger partial charge in [-0.1, -0.05) is 6.07 Å². The molecule has 1 saturated carbocycles. The maximum atomic E-state index is 12.5. The summed E-state index contributed by atoms with van der Waals surface area (Å²) < 4.78 is 3.05. The number of rotatable bonds is 2. The molecule has 98 valence electrons. The molecule has 2 heterocycles. The third kappa shape index (κ3) is 1.79. The number of fused-ring (bicyclic) bond motifs is 3. The lowest BCUT2D eigenvalue weighted by Gasteiger charge is -2.27. The second-order valence-electron chi connectivity index (χ2n) is 5.39. The van der Waals surface area contributed by atoms with Crippen LogP contribution < -0.4 is 0 Å². The first-order valence-corrected chi connectivity index (χ1v) is 7.47. The van der Waals surface area contributed by atoms with Gasteiger partial charge >= 0.3 is 0 Å². The lowest BCUT2D eigenvalue weighted by Crippen LogP contribution is -2.41. The van der Waals surface area contributed by atoms with Crippen molar-refractivity contribution >= 4 is 32.9 Å². The number of carbonyl (C=O) groups excluding carboxylic acids is 1. The molecule has 0 N–H and O–H groups in total. The van der Waals surface area contributed by atoms with Crippen LogP contribution in [0.15, 0.2) is 22.7 Å². The predicted molar refractivity (Wildman–Crippen MR) is 76.1 cm³/mol. The first kappa shape index (κ1) is 11.5. The molecular formula is C14H14BrN3O. The standard InChI is InChI=1S/C14H14BrN3O/c15-10-2-1-3-11-12(10)18-7-6-17(8-9-4-5-9)14(19)13(18)16-11/h1-3,9H,4-8H2. The van der Waals surface area contributed by atoms with E-state index < -0.39 is 0 Å². The molecule has 4 rings (SSSR count). The van der Waals surface area contributed by atoms with Gasteiger partial charge in [0, 0.05) is 24.1 Å². The lowest BCUT2D eigenvalue weighted by molar-refractivity contribution is 0.0690. The Labute approximate surface area is 119 Å². The number of aromatic nitrogens is 2. The van der Waals surface area contributed by atoms with Gasteiger partial charge in [-0.2, -0.15) is 0 Å². The fraction of sp³-hybridized carbons (Fsp3) is 0.429. The molecule has 1 aromatic heterocycles. The summed E-state index contributed by atoms with van der Waals surface area (Å²) in [6.07, 6.45) is 2.54. The van der Waals surface area contributed by atoms with E-state index in [1.807, 2.05) is 27.7 Å². The number of benzene rings is 1. The maximum Gasteiger partial charge on any atom is 0.289 e. The van der Waals surface area contributed by atoms with E-state index in [2.05, 4.69) is 20.9 Å². The van der Waals surface area contributed by atoms with Crippen LogP contribution in [0.3, 0.4) is 0 Å². The van der Waals surface area contributed by atoms with Crippen molar-refractivity contribution in [2.75, 3.05) is 13.1 Å². The van der Waals surface area contributed by atoms with Gasteiger partial charge in [-0.15, -0.1) is 0 Å². The maximum absolute atomic E-state index is 12.5. The molecule has 19 heavy (non-hydrogen) atoms. The van der Waals surface area contributed by atoms with Gasteiger partial charge in [0.05, 0.1) is 11.0 Å². The summed E-state index contributed by atoms with van der Waals surface area (Å²) in [6, 6.07) is 5.92. The Morgan fingerprint density at radius 2 is 2.16 bits per heavy atom. The van der Waals surface area contributed by atoms with Crippen LogP contribution in [0.4, 0.5) is 0 Å². The zero-order valence-corrected chi connectivity index (χ0v) is 12.1. The van der Waals surface area contributed by atoms with Crippen LogP contribution in [-0.4, -0.2) is 33.4 Å². The minimum Gasteiger partial charge on any atom is -0.334 e. The van der Waals surface area contributed by atoms with E-state index in [-0.39, 0.29) is 5.91 Å². The molecule has 5 heteroatoms. The smallest absolute Gasteiger partial charge is 0.289 e. The Hall–Kier alpha value is -1.36. The van der Waals surface area contributed by atoms with Crippen molar-refractivity contribution in [3.05, 3.63) is 28.5 Å². The summed E-state index contributed by atoms with van der Waals surface area (Å²) in [5.41, 5.74) is 1.93. The van der Waals surface area contributed by atoms with Gasteiger partial charge in [-0.3, -0.25) is 4.79 Å². The Kier molecular flexibility index (Phi) is 2.45. The molecule has 4 nitrogen and oxygen atoms in total. The zero-order chi connectivity index (χ0) is 13.0. The normalized spacial score (nSPS) is 19.0. The third-order valence-corrected chi connectivity index (χ3v) is 4.60. The first-order chi connectivity index (χ1) is 9.24. The molecule has 1 aliphatic carbocycles. The van der Waals surface area contributed by atoms with Crippen molar-refractivity contribution in [1.29, 1.82) is 0 Å². The number of halogens is 1. The molecule has 0 atom stereocenters. The zero-order valence-electron chi connectivity index (χ0n) is 10.5. The third-order valence-electron chi connectivity index (χ3n) is 3.96. The van der Waals surface area contributed by atoms with E-state index in [0.29, 0.717) is 5.82 Å². The van der Waals surface area contributed by atoms with Crippen molar-refractivity contribution in [3.8, 4) is 0 Å². The SMILES string of the molecule is O=C1c2nc3cccc(Br)c3n2CCN1CC1CC1. The van der Waals surface area contributed by atoms with Gasteiger partial charge in [0.1, 0.15) is 0 Å². The van der Waals surface area contributed by atoms with Crippen LogP contribution in [0.5, 0.6) is 0 Å². The Balaban J connectivity index is 1.79. The van der Waals surface area contributed by atoms with Gasteiger partial charge < -0.3 is 9.47 Å². The number of para-hydroxylation sites is 1. The second-order valence-corrected chi connectivity index (χ2v) is 6.24. The van der Waals surface area contributed by atoms with Gasteiger partial charge in [0.2, 0.25) is 0 Å². The molecule has 0 unspecified atom stereocenters. The molecule has 1 amide bonds. The highest BCUT2D eigenvalue weighted by Crippen LogP contribution is 2.32. The molecule has 1 aliphatic heterocycles. The molecule has 0 bridgehead atoms. The van der Waals surface area contributed by atoms with Gasteiger partial charge in [-0.05, 0) is 46.8 Å². The van der Waals surface area contributed by atoms with Crippen LogP contribution in [0.2, 0.25) is 0 Å². The fourth-order valence-corrected chi connectivity index (χ4v) is 3.34. The summed E-state index contributed by atoms with van der Waals surface area (Å²) in [6.45, 7) is 2.55. The molecule has 0 spiro atoms. The number of nitrogens with zero attached hydrogens (tertiary/aromatic N) is 3. The van der Waals surface area contributed by atoms with Crippen molar-refractivity contribution in [3.63, 3.8) is 0 Å². The highest BCUT2D eigenvalue weighted by atomic mass is 79.9. The minimum absolute atomic E-state index is 0.0845. The molecule has 1 fully saturated rings. The summed E-state index contributed by atoms with van der Waals surface area (Å²) in [5.74, 6) is 1.40. The number of hydrogen-bond donors (Lipinski definition) is 0. The minimum atomic E-state index is 0.0845.